The Labute approximate surface area is 132 Å². The van der Waals surface area contributed by atoms with E-state index in [0.717, 1.165) is 12.8 Å². The van der Waals surface area contributed by atoms with Crippen LogP contribution in [0, 0.1) is 17.3 Å². The van der Waals surface area contributed by atoms with Gasteiger partial charge in [0.15, 0.2) is 0 Å². The number of carbonyl (C=O) groups excluding carboxylic acids is 1. The van der Waals surface area contributed by atoms with Crippen molar-refractivity contribution in [3.63, 3.8) is 0 Å². The molecule has 3 aliphatic rings. The van der Waals surface area contributed by atoms with Crippen LogP contribution >= 0.6 is 0 Å². The van der Waals surface area contributed by atoms with E-state index in [9.17, 15) is 27.1 Å². The number of hydrogen-bond donors (Lipinski definition) is 2. The number of alkyl halides is 2. The molecule has 2 N–H and O–H groups in total. The fourth-order valence-corrected chi connectivity index (χ4v) is 5.09. The van der Waals surface area contributed by atoms with Crippen LogP contribution in [0.15, 0.2) is 0 Å². The van der Waals surface area contributed by atoms with Crippen LogP contribution in [-0.2, 0) is 19.6 Å². The van der Waals surface area contributed by atoms with Crippen LogP contribution in [0.25, 0.3) is 0 Å². The average molecular weight is 354 g/mol. The molecule has 3 rings (SSSR count). The zero-order valence-electron chi connectivity index (χ0n) is 12.5. The standard InChI is InChI=1S/C14H20F2O6S/c15-14(16,23(19,20)21)11(17)22-8-12-3-1-9-2-4-13(18,7-12)6-10(9)5-12/h9-10,18H,1-8H2,(H,19,20,21). The zero-order chi connectivity index (χ0) is 17.1. The van der Waals surface area contributed by atoms with E-state index >= 15 is 0 Å². The molecule has 23 heavy (non-hydrogen) atoms. The van der Waals surface area contributed by atoms with Crippen LogP contribution in [0.3, 0.4) is 0 Å². The molecule has 0 saturated heterocycles. The van der Waals surface area contributed by atoms with Gasteiger partial charge in [-0.1, -0.05) is 0 Å². The second-order valence-electron chi connectivity index (χ2n) is 7.47. The van der Waals surface area contributed by atoms with Gasteiger partial charge < -0.3 is 9.84 Å². The number of fused-ring (bicyclic) bond motifs is 2. The Morgan fingerprint density at radius 3 is 2.52 bits per heavy atom. The fraction of sp³-hybridized carbons (Fsp3) is 0.929. The van der Waals surface area contributed by atoms with E-state index in [2.05, 4.69) is 4.74 Å². The third-order valence-corrected chi connectivity index (χ3v) is 6.62. The van der Waals surface area contributed by atoms with Gasteiger partial charge in [-0.15, -0.1) is 0 Å². The van der Waals surface area contributed by atoms with Crippen molar-refractivity contribution in [1.82, 2.24) is 0 Å². The van der Waals surface area contributed by atoms with Crippen molar-refractivity contribution in [2.24, 2.45) is 17.3 Å². The summed E-state index contributed by atoms with van der Waals surface area (Å²) in [5.74, 6) is -1.46. The largest absolute Gasteiger partial charge is 0.465 e. The quantitative estimate of drug-likeness (QED) is 0.589. The van der Waals surface area contributed by atoms with E-state index in [0.29, 0.717) is 38.0 Å². The van der Waals surface area contributed by atoms with Crippen molar-refractivity contribution in [3.8, 4) is 0 Å². The van der Waals surface area contributed by atoms with Crippen LogP contribution in [0.5, 0.6) is 0 Å². The predicted octanol–water partition coefficient (Wildman–Crippen LogP) is 1.73. The maximum atomic E-state index is 13.3. The van der Waals surface area contributed by atoms with Crippen molar-refractivity contribution in [1.29, 1.82) is 0 Å². The molecule has 0 radical (unpaired) electrons. The van der Waals surface area contributed by atoms with Crippen molar-refractivity contribution in [2.75, 3.05) is 6.61 Å². The first kappa shape index (κ1) is 17.0. The lowest BCUT2D eigenvalue weighted by atomic mass is 9.50. The molecule has 0 aliphatic heterocycles. The number of rotatable bonds is 4. The molecule has 4 atom stereocenters. The summed E-state index contributed by atoms with van der Waals surface area (Å²) in [6, 6.07) is 0. The second kappa shape index (κ2) is 5.10. The van der Waals surface area contributed by atoms with Crippen molar-refractivity contribution >= 4 is 16.1 Å². The molecule has 6 nitrogen and oxygen atoms in total. The third-order valence-electron chi connectivity index (χ3n) is 5.81. The minimum Gasteiger partial charge on any atom is -0.460 e. The maximum absolute atomic E-state index is 13.3. The fourth-order valence-electron chi connectivity index (χ4n) is 4.82. The van der Waals surface area contributed by atoms with Gasteiger partial charge in [0.2, 0.25) is 0 Å². The molecule has 9 heteroatoms. The molecular formula is C14H20F2O6S. The molecule has 3 bridgehead atoms. The molecule has 0 aromatic rings. The number of carbonyl (C=O) groups is 1. The molecule has 0 heterocycles. The summed E-state index contributed by atoms with van der Waals surface area (Å²) >= 11 is 0. The summed E-state index contributed by atoms with van der Waals surface area (Å²) in [5, 5.41) is 5.65. The van der Waals surface area contributed by atoms with Crippen LogP contribution < -0.4 is 0 Å². The molecule has 0 amide bonds. The number of halogens is 2. The van der Waals surface area contributed by atoms with E-state index in [1.807, 2.05) is 0 Å². The highest BCUT2D eigenvalue weighted by Gasteiger charge is 2.58. The van der Waals surface area contributed by atoms with Gasteiger partial charge in [0.1, 0.15) is 0 Å². The van der Waals surface area contributed by atoms with E-state index in [4.69, 9.17) is 4.55 Å². The van der Waals surface area contributed by atoms with Crippen molar-refractivity contribution in [3.05, 3.63) is 0 Å². The number of hydrogen-bond acceptors (Lipinski definition) is 5. The number of aliphatic hydroxyl groups is 1. The highest BCUT2D eigenvalue weighted by molar-refractivity contribution is 7.87. The van der Waals surface area contributed by atoms with Crippen LogP contribution in [0.2, 0.25) is 0 Å². The summed E-state index contributed by atoms with van der Waals surface area (Å²) in [5.41, 5.74) is -1.43. The second-order valence-corrected chi connectivity index (χ2v) is 8.94. The molecule has 3 aliphatic carbocycles. The topological polar surface area (TPSA) is 101 Å². The smallest absolute Gasteiger partial charge is 0.460 e. The highest BCUT2D eigenvalue weighted by Crippen LogP contribution is 2.59. The lowest BCUT2D eigenvalue weighted by Gasteiger charge is -2.57. The maximum Gasteiger partial charge on any atom is 0.465 e. The van der Waals surface area contributed by atoms with Gasteiger partial charge >= 0.3 is 21.3 Å². The molecular weight excluding hydrogens is 334 g/mol. The van der Waals surface area contributed by atoms with E-state index < -0.39 is 32.4 Å². The van der Waals surface area contributed by atoms with Crippen molar-refractivity contribution < 1.29 is 36.4 Å². The van der Waals surface area contributed by atoms with Gasteiger partial charge in [0.25, 0.3) is 0 Å². The monoisotopic (exact) mass is 354 g/mol. The van der Waals surface area contributed by atoms with Gasteiger partial charge in [0.05, 0.1) is 12.2 Å². The number of ether oxygens (including phenoxy) is 1. The Hall–Kier alpha value is -0.800. The van der Waals surface area contributed by atoms with Gasteiger partial charge in [0, 0.05) is 5.41 Å². The van der Waals surface area contributed by atoms with E-state index in [-0.39, 0.29) is 12.5 Å². The zero-order valence-corrected chi connectivity index (χ0v) is 13.3. The van der Waals surface area contributed by atoms with Gasteiger partial charge in [-0.3, -0.25) is 4.55 Å². The van der Waals surface area contributed by atoms with Crippen molar-refractivity contribution in [2.45, 2.75) is 55.8 Å². The summed E-state index contributed by atoms with van der Waals surface area (Å²) < 4.78 is 60.7. The Morgan fingerprint density at radius 1 is 1.22 bits per heavy atom. The van der Waals surface area contributed by atoms with Crippen LogP contribution in [0.1, 0.15) is 44.9 Å². The average Bonchev–Trinajstić information content (AvgIpc) is 2.41. The van der Waals surface area contributed by atoms with E-state index in [1.54, 1.807) is 0 Å². The van der Waals surface area contributed by atoms with Gasteiger partial charge in [-0.2, -0.15) is 17.2 Å². The Kier molecular flexibility index (Phi) is 3.77. The molecule has 3 fully saturated rings. The third kappa shape index (κ3) is 2.87. The molecule has 3 saturated carbocycles. The first-order chi connectivity index (χ1) is 10.5. The normalized spacial score (nSPS) is 40.0. The summed E-state index contributed by atoms with van der Waals surface area (Å²) in [7, 11) is -5.86. The SMILES string of the molecule is O=C(OCC12CCC3CCC(O)(CC3C1)C2)C(F)(F)S(=O)(=O)O. The Morgan fingerprint density at radius 2 is 1.87 bits per heavy atom. The van der Waals surface area contributed by atoms with Crippen LogP contribution in [0.4, 0.5) is 8.78 Å². The van der Waals surface area contributed by atoms with Crippen LogP contribution in [-0.4, -0.2) is 41.5 Å². The molecule has 0 aromatic heterocycles. The Bertz CT molecular complexity index is 621. The van der Waals surface area contributed by atoms with Gasteiger partial charge in [-0.05, 0) is 56.8 Å². The predicted molar refractivity (Wildman–Crippen MR) is 74.1 cm³/mol. The summed E-state index contributed by atoms with van der Waals surface area (Å²) in [6.07, 6.45) is 4.91. The molecule has 0 aromatic carbocycles. The minimum atomic E-state index is -5.86. The first-order valence-electron chi connectivity index (χ1n) is 7.71. The summed E-state index contributed by atoms with van der Waals surface area (Å²) in [4.78, 5) is 11.4. The lowest BCUT2D eigenvalue weighted by Crippen LogP contribution is -2.55. The Balaban J connectivity index is 1.72. The molecule has 4 unspecified atom stereocenters. The number of esters is 1. The van der Waals surface area contributed by atoms with Gasteiger partial charge in [-0.25, -0.2) is 4.79 Å². The minimum absolute atomic E-state index is 0.289. The molecule has 0 spiro atoms. The molecule has 132 valence electrons. The highest BCUT2D eigenvalue weighted by atomic mass is 32.2. The first-order valence-corrected chi connectivity index (χ1v) is 9.15. The summed E-state index contributed by atoms with van der Waals surface area (Å²) in [6.45, 7) is -0.359. The lowest BCUT2D eigenvalue weighted by molar-refractivity contribution is -0.183. The van der Waals surface area contributed by atoms with E-state index in [1.165, 1.54) is 0 Å².